The highest BCUT2D eigenvalue weighted by Crippen LogP contribution is 2.33. The van der Waals surface area contributed by atoms with Crippen LogP contribution < -0.4 is 14.4 Å². The number of amides is 2. The van der Waals surface area contributed by atoms with Crippen molar-refractivity contribution in [3.05, 3.63) is 52.5 Å². The van der Waals surface area contributed by atoms with Gasteiger partial charge in [0.05, 0.1) is 25.8 Å². The van der Waals surface area contributed by atoms with Crippen LogP contribution in [0.25, 0.3) is 0 Å². The summed E-state index contributed by atoms with van der Waals surface area (Å²) < 4.78 is 11.6. The van der Waals surface area contributed by atoms with Gasteiger partial charge in [-0.15, -0.1) is 0 Å². The Hall–Kier alpha value is -2.54. The molecule has 1 saturated heterocycles. The van der Waals surface area contributed by atoms with Gasteiger partial charge in [0.2, 0.25) is 11.8 Å². The van der Waals surface area contributed by atoms with Crippen LogP contribution in [0.5, 0.6) is 11.5 Å². The molecule has 0 radical (unpaired) electrons. The number of carbonyl (C=O) groups is 2. The molecule has 0 spiro atoms. The van der Waals surface area contributed by atoms with E-state index in [2.05, 4.69) is 15.9 Å². The van der Waals surface area contributed by atoms with Crippen molar-refractivity contribution >= 4 is 33.4 Å². The van der Waals surface area contributed by atoms with E-state index in [1.165, 1.54) is 0 Å². The lowest BCUT2D eigenvalue weighted by atomic mass is 10.1. The number of halogens is 1. The van der Waals surface area contributed by atoms with Crippen molar-refractivity contribution in [2.45, 2.75) is 13.0 Å². The number of benzene rings is 2. The van der Waals surface area contributed by atoms with Gasteiger partial charge in [-0.25, -0.2) is 0 Å². The molecule has 148 valence electrons. The standard InChI is InChI=1S/C21H23BrN2O4/c1-23(12-14-7-6-10-18(27-2)20(14)28-3)21(26)15-11-19(25)24(13-15)17-9-5-4-8-16(17)22/h4-10,15H,11-13H2,1-3H3/t15-/m0/s1. The maximum atomic E-state index is 13.0. The molecule has 1 aliphatic rings. The number of para-hydroxylation sites is 2. The van der Waals surface area contributed by atoms with E-state index in [9.17, 15) is 9.59 Å². The van der Waals surface area contributed by atoms with E-state index in [1.54, 1.807) is 31.1 Å². The van der Waals surface area contributed by atoms with Crippen LogP contribution in [0.3, 0.4) is 0 Å². The number of methoxy groups -OCH3 is 2. The number of nitrogens with zero attached hydrogens (tertiary/aromatic N) is 2. The van der Waals surface area contributed by atoms with Gasteiger partial charge in [0.25, 0.3) is 0 Å². The lowest BCUT2D eigenvalue weighted by molar-refractivity contribution is -0.135. The molecule has 0 bridgehead atoms. The highest BCUT2D eigenvalue weighted by molar-refractivity contribution is 9.10. The third kappa shape index (κ3) is 3.99. The normalized spacial score (nSPS) is 16.2. The molecule has 0 aliphatic carbocycles. The minimum Gasteiger partial charge on any atom is -0.493 e. The molecule has 2 aromatic rings. The summed E-state index contributed by atoms with van der Waals surface area (Å²) in [5.74, 6) is 0.755. The van der Waals surface area contributed by atoms with Crippen molar-refractivity contribution in [3.63, 3.8) is 0 Å². The largest absolute Gasteiger partial charge is 0.493 e. The summed E-state index contributed by atoms with van der Waals surface area (Å²) >= 11 is 3.48. The van der Waals surface area contributed by atoms with Crippen LogP contribution in [-0.2, 0) is 16.1 Å². The van der Waals surface area contributed by atoms with Crippen LogP contribution in [0.1, 0.15) is 12.0 Å². The number of carbonyl (C=O) groups excluding carboxylic acids is 2. The molecule has 1 fully saturated rings. The third-order valence-electron chi connectivity index (χ3n) is 4.89. The molecule has 28 heavy (non-hydrogen) atoms. The Kier molecular flexibility index (Phi) is 6.24. The first-order chi connectivity index (χ1) is 13.5. The molecule has 2 aromatic carbocycles. The number of hydrogen-bond acceptors (Lipinski definition) is 4. The summed E-state index contributed by atoms with van der Waals surface area (Å²) in [6.45, 7) is 0.749. The van der Waals surface area contributed by atoms with Crippen LogP contribution in [0.4, 0.5) is 5.69 Å². The Morgan fingerprint density at radius 3 is 2.61 bits per heavy atom. The Balaban J connectivity index is 1.73. The molecular weight excluding hydrogens is 424 g/mol. The molecule has 0 N–H and O–H groups in total. The number of anilines is 1. The quantitative estimate of drug-likeness (QED) is 0.681. The lowest BCUT2D eigenvalue weighted by Crippen LogP contribution is -2.34. The maximum absolute atomic E-state index is 13.0. The fourth-order valence-electron chi connectivity index (χ4n) is 3.50. The molecule has 0 unspecified atom stereocenters. The summed E-state index contributed by atoms with van der Waals surface area (Å²) in [5.41, 5.74) is 1.64. The molecule has 1 atom stereocenters. The van der Waals surface area contributed by atoms with Crippen LogP contribution in [0.2, 0.25) is 0 Å². The second-order valence-electron chi connectivity index (χ2n) is 6.70. The van der Waals surface area contributed by atoms with Crippen molar-refractivity contribution in [1.29, 1.82) is 0 Å². The van der Waals surface area contributed by atoms with Crippen molar-refractivity contribution < 1.29 is 19.1 Å². The first-order valence-corrected chi connectivity index (χ1v) is 9.75. The van der Waals surface area contributed by atoms with Gasteiger partial charge in [-0.1, -0.05) is 24.3 Å². The Labute approximate surface area is 173 Å². The van der Waals surface area contributed by atoms with Gasteiger partial charge in [-0.05, 0) is 34.1 Å². The fraction of sp³-hybridized carbons (Fsp3) is 0.333. The SMILES string of the molecule is COc1cccc(CN(C)C(=O)[C@H]2CC(=O)N(c3ccccc3Br)C2)c1OC. The van der Waals surface area contributed by atoms with Crippen LogP contribution >= 0.6 is 15.9 Å². The lowest BCUT2D eigenvalue weighted by Gasteiger charge is -2.23. The highest BCUT2D eigenvalue weighted by Gasteiger charge is 2.37. The van der Waals surface area contributed by atoms with Gasteiger partial charge in [0.1, 0.15) is 0 Å². The van der Waals surface area contributed by atoms with Crippen LogP contribution in [0, 0.1) is 5.92 Å². The molecule has 6 nitrogen and oxygen atoms in total. The summed E-state index contributed by atoms with van der Waals surface area (Å²) in [6, 6.07) is 13.1. The topological polar surface area (TPSA) is 59.1 Å². The smallest absolute Gasteiger partial charge is 0.228 e. The van der Waals surface area contributed by atoms with E-state index in [0.29, 0.717) is 24.6 Å². The molecule has 3 rings (SSSR count). The average molecular weight is 447 g/mol. The summed E-state index contributed by atoms with van der Waals surface area (Å²) in [5, 5.41) is 0. The van der Waals surface area contributed by atoms with Gasteiger partial charge in [-0.2, -0.15) is 0 Å². The van der Waals surface area contributed by atoms with Gasteiger partial charge < -0.3 is 19.3 Å². The number of hydrogen-bond donors (Lipinski definition) is 0. The molecule has 1 heterocycles. The van der Waals surface area contributed by atoms with Crippen molar-refractivity contribution in [3.8, 4) is 11.5 Å². The van der Waals surface area contributed by atoms with Gasteiger partial charge >= 0.3 is 0 Å². The third-order valence-corrected chi connectivity index (χ3v) is 5.56. The predicted octanol–water partition coefficient (Wildman–Crippen LogP) is 3.48. The second kappa shape index (κ2) is 8.65. The summed E-state index contributed by atoms with van der Waals surface area (Å²) in [4.78, 5) is 28.8. The zero-order valence-electron chi connectivity index (χ0n) is 16.1. The molecular formula is C21H23BrN2O4. The minimum atomic E-state index is -0.374. The first kappa shape index (κ1) is 20.2. The molecule has 0 saturated carbocycles. The van der Waals surface area contributed by atoms with E-state index < -0.39 is 0 Å². The second-order valence-corrected chi connectivity index (χ2v) is 7.56. The van der Waals surface area contributed by atoms with Gasteiger partial charge in [0, 0.05) is 36.6 Å². The van der Waals surface area contributed by atoms with Crippen molar-refractivity contribution in [2.24, 2.45) is 5.92 Å². The number of ether oxygens (including phenoxy) is 2. The van der Waals surface area contributed by atoms with Crippen LogP contribution in [-0.4, -0.2) is 44.5 Å². The van der Waals surface area contributed by atoms with E-state index in [4.69, 9.17) is 9.47 Å². The fourth-order valence-corrected chi connectivity index (χ4v) is 4.00. The highest BCUT2D eigenvalue weighted by atomic mass is 79.9. The monoisotopic (exact) mass is 446 g/mol. The maximum Gasteiger partial charge on any atom is 0.228 e. The summed E-state index contributed by atoms with van der Waals surface area (Å²) in [7, 11) is 4.90. The first-order valence-electron chi connectivity index (χ1n) is 8.96. The van der Waals surface area contributed by atoms with Crippen molar-refractivity contribution in [2.75, 3.05) is 32.7 Å². The van der Waals surface area contributed by atoms with E-state index in [1.807, 2.05) is 42.5 Å². The van der Waals surface area contributed by atoms with Gasteiger partial charge in [-0.3, -0.25) is 9.59 Å². The van der Waals surface area contributed by atoms with E-state index in [0.717, 1.165) is 15.7 Å². The zero-order chi connectivity index (χ0) is 20.3. The van der Waals surface area contributed by atoms with E-state index in [-0.39, 0.29) is 24.2 Å². The average Bonchev–Trinajstić information content (AvgIpc) is 3.08. The molecule has 1 aliphatic heterocycles. The Morgan fingerprint density at radius 2 is 1.93 bits per heavy atom. The molecule has 0 aromatic heterocycles. The van der Waals surface area contributed by atoms with Crippen molar-refractivity contribution in [1.82, 2.24) is 4.90 Å². The van der Waals surface area contributed by atoms with E-state index >= 15 is 0 Å². The predicted molar refractivity (Wildman–Crippen MR) is 111 cm³/mol. The molecule has 2 amide bonds. The minimum absolute atomic E-state index is 0.0439. The summed E-state index contributed by atoms with van der Waals surface area (Å²) in [6.07, 6.45) is 0.208. The Bertz CT molecular complexity index is 886. The number of rotatable bonds is 6. The zero-order valence-corrected chi connectivity index (χ0v) is 17.7. The Morgan fingerprint density at radius 1 is 1.18 bits per heavy atom. The van der Waals surface area contributed by atoms with Gasteiger partial charge in [0.15, 0.2) is 11.5 Å². The molecule has 7 heteroatoms. The van der Waals surface area contributed by atoms with Crippen LogP contribution in [0.15, 0.2) is 46.9 Å².